The number of rotatable bonds is 2. The number of fused-ring (bicyclic) bond motifs is 1. The molecular formula is C20H22FN3O2. The lowest BCUT2D eigenvalue weighted by Gasteiger charge is -2.24. The van der Waals surface area contributed by atoms with E-state index in [0.29, 0.717) is 37.6 Å². The van der Waals surface area contributed by atoms with E-state index in [1.807, 2.05) is 28.0 Å². The zero-order valence-electron chi connectivity index (χ0n) is 14.7. The molecule has 1 amide bonds. The van der Waals surface area contributed by atoms with E-state index < -0.39 is 0 Å². The molecule has 0 saturated carbocycles. The van der Waals surface area contributed by atoms with Crippen LogP contribution in [0.5, 0.6) is 5.75 Å². The van der Waals surface area contributed by atoms with Crippen LogP contribution in [0.1, 0.15) is 28.8 Å². The maximum atomic E-state index is 14.0. The monoisotopic (exact) mass is 355 g/mol. The normalized spacial score (nSPS) is 17.3. The molecule has 0 spiro atoms. The number of amides is 1. The highest BCUT2D eigenvalue weighted by atomic mass is 19.1. The van der Waals surface area contributed by atoms with Crippen molar-refractivity contribution < 1.29 is 13.9 Å². The third kappa shape index (κ3) is 3.36. The molecule has 26 heavy (non-hydrogen) atoms. The number of anilines is 1. The van der Waals surface area contributed by atoms with Gasteiger partial charge in [-0.2, -0.15) is 0 Å². The number of benzene rings is 1. The SMILES string of the molecule is O=C(c1ccc2c(c1)CCCO2)N1CCCN(c2ncccc2F)CC1. The average Bonchev–Trinajstić information content (AvgIpc) is 2.93. The highest BCUT2D eigenvalue weighted by molar-refractivity contribution is 5.94. The molecule has 136 valence electrons. The van der Waals surface area contributed by atoms with Gasteiger partial charge in [0.25, 0.3) is 5.91 Å². The molecule has 2 aromatic rings. The van der Waals surface area contributed by atoms with E-state index in [-0.39, 0.29) is 11.7 Å². The Morgan fingerprint density at radius 1 is 1.12 bits per heavy atom. The van der Waals surface area contributed by atoms with E-state index in [1.165, 1.54) is 6.07 Å². The van der Waals surface area contributed by atoms with Crippen molar-refractivity contribution >= 4 is 11.7 Å². The van der Waals surface area contributed by atoms with E-state index >= 15 is 0 Å². The Morgan fingerprint density at radius 2 is 2.04 bits per heavy atom. The Balaban J connectivity index is 1.47. The lowest BCUT2D eigenvalue weighted by molar-refractivity contribution is 0.0767. The lowest BCUT2D eigenvalue weighted by atomic mass is 10.0. The smallest absolute Gasteiger partial charge is 0.253 e. The molecule has 0 bridgehead atoms. The van der Waals surface area contributed by atoms with E-state index in [1.54, 1.807) is 12.3 Å². The minimum atomic E-state index is -0.318. The Hall–Kier alpha value is -2.63. The van der Waals surface area contributed by atoms with Crippen LogP contribution in [-0.4, -0.2) is 48.6 Å². The summed E-state index contributed by atoms with van der Waals surface area (Å²) < 4.78 is 19.6. The first-order valence-corrected chi connectivity index (χ1v) is 9.13. The number of aromatic nitrogens is 1. The third-order valence-corrected chi connectivity index (χ3v) is 4.98. The number of carbonyl (C=O) groups excluding carboxylic acids is 1. The Labute approximate surface area is 152 Å². The van der Waals surface area contributed by atoms with Crippen molar-refractivity contribution in [1.29, 1.82) is 0 Å². The van der Waals surface area contributed by atoms with Crippen LogP contribution >= 0.6 is 0 Å². The van der Waals surface area contributed by atoms with Gasteiger partial charge in [0.2, 0.25) is 0 Å². The van der Waals surface area contributed by atoms with Crippen molar-refractivity contribution in [2.24, 2.45) is 0 Å². The first kappa shape index (κ1) is 16.8. The van der Waals surface area contributed by atoms with Gasteiger partial charge in [-0.3, -0.25) is 4.79 Å². The fraction of sp³-hybridized carbons (Fsp3) is 0.400. The first-order valence-electron chi connectivity index (χ1n) is 9.13. The second-order valence-corrected chi connectivity index (χ2v) is 6.72. The van der Waals surface area contributed by atoms with Crippen molar-refractivity contribution in [3.05, 3.63) is 53.5 Å². The van der Waals surface area contributed by atoms with Crippen molar-refractivity contribution in [3.63, 3.8) is 0 Å². The molecule has 2 aliphatic heterocycles. The summed E-state index contributed by atoms with van der Waals surface area (Å²) in [5.41, 5.74) is 1.81. The molecule has 1 saturated heterocycles. The van der Waals surface area contributed by atoms with Crippen molar-refractivity contribution in [2.45, 2.75) is 19.3 Å². The van der Waals surface area contributed by atoms with Gasteiger partial charge in [-0.05, 0) is 55.2 Å². The molecule has 4 rings (SSSR count). The fourth-order valence-electron chi connectivity index (χ4n) is 3.62. The number of hydrogen-bond acceptors (Lipinski definition) is 4. The van der Waals surface area contributed by atoms with Crippen LogP contribution < -0.4 is 9.64 Å². The predicted octanol–water partition coefficient (Wildman–Crippen LogP) is 2.90. The summed E-state index contributed by atoms with van der Waals surface area (Å²) in [4.78, 5) is 20.9. The standard InChI is InChI=1S/C20H22FN3O2/c21-17-5-1-8-22-19(17)23-9-3-10-24(12-11-23)20(25)16-6-7-18-15(14-16)4-2-13-26-18/h1,5-8,14H,2-4,9-13H2. The molecule has 0 unspecified atom stereocenters. The summed E-state index contributed by atoms with van der Waals surface area (Å²) >= 11 is 0. The maximum absolute atomic E-state index is 14.0. The van der Waals surface area contributed by atoms with Crippen molar-refractivity contribution in [3.8, 4) is 5.75 Å². The first-order chi connectivity index (χ1) is 12.7. The van der Waals surface area contributed by atoms with Crippen LogP contribution in [0.2, 0.25) is 0 Å². The molecule has 2 aliphatic rings. The zero-order chi connectivity index (χ0) is 17.9. The molecule has 3 heterocycles. The van der Waals surface area contributed by atoms with E-state index in [0.717, 1.165) is 37.2 Å². The largest absolute Gasteiger partial charge is 0.493 e. The van der Waals surface area contributed by atoms with Crippen LogP contribution in [-0.2, 0) is 6.42 Å². The number of aryl methyl sites for hydroxylation is 1. The maximum Gasteiger partial charge on any atom is 0.253 e. The number of hydrogen-bond donors (Lipinski definition) is 0. The second-order valence-electron chi connectivity index (χ2n) is 6.72. The Morgan fingerprint density at radius 3 is 2.92 bits per heavy atom. The van der Waals surface area contributed by atoms with Crippen molar-refractivity contribution in [1.82, 2.24) is 9.88 Å². The van der Waals surface area contributed by atoms with E-state index in [4.69, 9.17) is 4.74 Å². The molecule has 1 aromatic heterocycles. The Kier molecular flexibility index (Phi) is 4.73. The number of pyridine rings is 1. The molecule has 1 fully saturated rings. The van der Waals surface area contributed by atoms with Crippen LogP contribution in [0.3, 0.4) is 0 Å². The van der Waals surface area contributed by atoms with Gasteiger partial charge in [0.15, 0.2) is 11.6 Å². The highest BCUT2D eigenvalue weighted by Gasteiger charge is 2.23. The van der Waals surface area contributed by atoms with Crippen molar-refractivity contribution in [2.75, 3.05) is 37.7 Å². The van der Waals surface area contributed by atoms with Gasteiger partial charge in [-0.15, -0.1) is 0 Å². The predicted molar refractivity (Wildman–Crippen MR) is 97.2 cm³/mol. The molecule has 6 heteroatoms. The van der Waals surface area contributed by atoms with Crippen LogP contribution in [0.15, 0.2) is 36.5 Å². The van der Waals surface area contributed by atoms with Crippen LogP contribution in [0.25, 0.3) is 0 Å². The quantitative estimate of drug-likeness (QED) is 0.831. The van der Waals surface area contributed by atoms with Gasteiger partial charge < -0.3 is 14.5 Å². The number of ether oxygens (including phenoxy) is 1. The average molecular weight is 355 g/mol. The summed E-state index contributed by atoms with van der Waals surface area (Å²) in [6.07, 6.45) is 4.32. The summed E-state index contributed by atoms with van der Waals surface area (Å²) in [5, 5.41) is 0. The molecular weight excluding hydrogens is 333 g/mol. The zero-order valence-corrected chi connectivity index (χ0v) is 14.7. The van der Waals surface area contributed by atoms with Gasteiger partial charge in [-0.1, -0.05) is 0 Å². The topological polar surface area (TPSA) is 45.7 Å². The van der Waals surface area contributed by atoms with Gasteiger partial charge >= 0.3 is 0 Å². The molecule has 0 aliphatic carbocycles. The summed E-state index contributed by atoms with van der Waals surface area (Å²) in [6.45, 7) is 3.23. The fourth-order valence-corrected chi connectivity index (χ4v) is 3.62. The minimum absolute atomic E-state index is 0.0294. The summed E-state index contributed by atoms with van der Waals surface area (Å²) in [5.74, 6) is 0.969. The highest BCUT2D eigenvalue weighted by Crippen LogP contribution is 2.26. The molecule has 5 nitrogen and oxygen atoms in total. The molecule has 0 radical (unpaired) electrons. The summed E-state index contributed by atoms with van der Waals surface area (Å²) in [6, 6.07) is 8.71. The van der Waals surface area contributed by atoms with Gasteiger partial charge in [0.1, 0.15) is 5.75 Å². The molecule has 1 aromatic carbocycles. The van der Waals surface area contributed by atoms with Gasteiger partial charge in [-0.25, -0.2) is 9.37 Å². The third-order valence-electron chi connectivity index (χ3n) is 4.98. The molecule has 0 atom stereocenters. The van der Waals surface area contributed by atoms with Gasteiger partial charge in [0, 0.05) is 37.9 Å². The van der Waals surface area contributed by atoms with E-state index in [9.17, 15) is 9.18 Å². The van der Waals surface area contributed by atoms with Crippen LogP contribution in [0.4, 0.5) is 10.2 Å². The number of halogens is 1. The van der Waals surface area contributed by atoms with Crippen LogP contribution in [0, 0.1) is 5.82 Å². The number of nitrogens with zero attached hydrogens (tertiary/aromatic N) is 3. The lowest BCUT2D eigenvalue weighted by Crippen LogP contribution is -2.35. The Bertz CT molecular complexity index is 811. The second kappa shape index (κ2) is 7.32. The van der Waals surface area contributed by atoms with E-state index in [2.05, 4.69) is 4.98 Å². The number of carbonyl (C=O) groups is 1. The minimum Gasteiger partial charge on any atom is -0.493 e. The molecule has 0 N–H and O–H groups in total. The van der Waals surface area contributed by atoms with Gasteiger partial charge in [0.05, 0.1) is 6.61 Å². The summed E-state index contributed by atoms with van der Waals surface area (Å²) in [7, 11) is 0.